The summed E-state index contributed by atoms with van der Waals surface area (Å²) in [5, 5.41) is 19.8. The summed E-state index contributed by atoms with van der Waals surface area (Å²) in [6, 6.07) is 31.5. The number of carbonyl (C=O) groups excluding carboxylic acids is 2. The lowest BCUT2D eigenvalue weighted by Crippen LogP contribution is -2.30. The second kappa shape index (κ2) is 13.7. The summed E-state index contributed by atoms with van der Waals surface area (Å²) < 4.78 is 20.7. The highest BCUT2D eigenvalue weighted by Crippen LogP contribution is 2.44. The van der Waals surface area contributed by atoms with Gasteiger partial charge in [0.2, 0.25) is 5.13 Å². The molecule has 1 unspecified atom stereocenters. The fourth-order valence-corrected chi connectivity index (χ4v) is 6.68. The predicted octanol–water partition coefficient (Wildman–Crippen LogP) is 7.73. The molecule has 1 aliphatic rings. The lowest BCUT2D eigenvalue weighted by molar-refractivity contribution is -0.117. The number of aliphatic hydroxyl groups excluding tert-OH is 1. The molecule has 5 aromatic rings. The molecule has 0 saturated heterocycles. The molecule has 7 nitrogen and oxygen atoms in total. The molecule has 1 N–H and O–H groups in total. The summed E-state index contributed by atoms with van der Waals surface area (Å²) in [6.07, 6.45) is 2.98. The van der Waals surface area contributed by atoms with Gasteiger partial charge in [-0.2, -0.15) is 0 Å². The predicted molar refractivity (Wildman–Crippen MR) is 173 cm³/mol. The first-order valence-corrected chi connectivity index (χ1v) is 15.8. The van der Waals surface area contributed by atoms with E-state index in [9.17, 15) is 19.1 Å². The molecule has 6 rings (SSSR count). The molecular formula is C35H26FN3O4S2. The van der Waals surface area contributed by atoms with E-state index in [1.54, 1.807) is 48.5 Å². The number of anilines is 1. The number of thioether (sulfide) groups is 1. The Morgan fingerprint density at radius 1 is 0.956 bits per heavy atom. The molecular weight excluding hydrogens is 610 g/mol. The van der Waals surface area contributed by atoms with Crippen LogP contribution in [0.25, 0.3) is 6.08 Å². The van der Waals surface area contributed by atoms with Crippen LogP contribution < -0.4 is 9.64 Å². The van der Waals surface area contributed by atoms with Gasteiger partial charge in [0.25, 0.3) is 5.91 Å². The summed E-state index contributed by atoms with van der Waals surface area (Å²) in [4.78, 5) is 28.5. The van der Waals surface area contributed by atoms with Gasteiger partial charge in [-0.1, -0.05) is 120 Å². The Hall–Kier alpha value is -5.06. The SMILES string of the molecule is O=C(/C=C/c1ccccc1)C1=C(O)C(=O)N(c2nnc(SCc3ccccc3F)s2)C1c1cccc(OCc2ccccc2)c1. The topological polar surface area (TPSA) is 92.6 Å². The number of nitrogens with zero attached hydrogens (tertiary/aromatic N) is 3. The van der Waals surface area contributed by atoms with Crippen LogP contribution in [0, 0.1) is 5.82 Å². The molecule has 0 aliphatic carbocycles. The Morgan fingerprint density at radius 3 is 2.47 bits per heavy atom. The van der Waals surface area contributed by atoms with Crippen molar-refractivity contribution in [3.05, 3.63) is 155 Å². The van der Waals surface area contributed by atoms with Gasteiger partial charge in [0.1, 0.15) is 18.2 Å². The average molecular weight is 636 g/mol. The van der Waals surface area contributed by atoms with Gasteiger partial charge in [0.05, 0.1) is 11.6 Å². The number of aromatic nitrogens is 2. The number of hydrogen-bond acceptors (Lipinski definition) is 8. The summed E-state index contributed by atoms with van der Waals surface area (Å²) >= 11 is 2.40. The number of ether oxygens (including phenoxy) is 1. The third-order valence-corrected chi connectivity index (χ3v) is 9.14. The average Bonchev–Trinajstić information content (AvgIpc) is 3.65. The summed E-state index contributed by atoms with van der Waals surface area (Å²) in [5.41, 5.74) is 2.75. The van der Waals surface area contributed by atoms with Crippen LogP contribution in [0.3, 0.4) is 0 Å². The van der Waals surface area contributed by atoms with Crippen molar-refractivity contribution in [2.24, 2.45) is 0 Å². The number of hydrogen-bond donors (Lipinski definition) is 1. The lowest BCUT2D eigenvalue weighted by Gasteiger charge is -2.24. The normalized spacial score (nSPS) is 14.8. The molecule has 1 aromatic heterocycles. The maximum absolute atomic E-state index is 14.2. The zero-order valence-electron chi connectivity index (χ0n) is 23.7. The van der Waals surface area contributed by atoms with E-state index in [2.05, 4.69) is 10.2 Å². The van der Waals surface area contributed by atoms with Gasteiger partial charge in [0, 0.05) is 5.75 Å². The number of amides is 1. The first-order valence-electron chi connectivity index (χ1n) is 14.0. The van der Waals surface area contributed by atoms with E-state index in [0.717, 1.165) is 22.5 Å². The largest absolute Gasteiger partial charge is 0.503 e. The van der Waals surface area contributed by atoms with Crippen molar-refractivity contribution in [2.45, 2.75) is 22.7 Å². The van der Waals surface area contributed by atoms with E-state index in [-0.39, 0.29) is 16.5 Å². The van der Waals surface area contributed by atoms with Crippen molar-refractivity contribution in [3.63, 3.8) is 0 Å². The number of benzene rings is 4. The van der Waals surface area contributed by atoms with Crippen molar-refractivity contribution < 1.29 is 23.8 Å². The van der Waals surface area contributed by atoms with E-state index >= 15 is 0 Å². The molecule has 0 radical (unpaired) electrons. The van der Waals surface area contributed by atoms with E-state index in [0.29, 0.717) is 33.6 Å². The Balaban J connectivity index is 1.32. The third kappa shape index (κ3) is 6.87. The van der Waals surface area contributed by atoms with E-state index in [1.807, 2.05) is 60.7 Å². The number of carbonyl (C=O) groups is 2. The molecule has 10 heteroatoms. The molecule has 224 valence electrons. The van der Waals surface area contributed by atoms with Crippen LogP contribution in [0.15, 0.2) is 131 Å². The molecule has 1 amide bonds. The smallest absolute Gasteiger partial charge is 0.296 e. The molecule has 0 fully saturated rings. The van der Waals surface area contributed by atoms with Crippen LogP contribution in [0.2, 0.25) is 0 Å². The van der Waals surface area contributed by atoms with Gasteiger partial charge >= 0.3 is 0 Å². The molecule has 0 bridgehead atoms. The second-order valence-electron chi connectivity index (χ2n) is 10.0. The molecule has 0 saturated carbocycles. The molecule has 1 atom stereocenters. The van der Waals surface area contributed by atoms with Crippen molar-refractivity contribution in [2.75, 3.05) is 4.90 Å². The first kappa shape index (κ1) is 30.0. The van der Waals surface area contributed by atoms with Crippen LogP contribution in [-0.2, 0) is 21.9 Å². The highest BCUT2D eigenvalue weighted by Gasteiger charge is 2.45. The fourth-order valence-electron chi connectivity index (χ4n) is 4.82. The summed E-state index contributed by atoms with van der Waals surface area (Å²) in [6.45, 7) is 0.323. The summed E-state index contributed by atoms with van der Waals surface area (Å²) in [5.74, 6) is -1.42. The van der Waals surface area contributed by atoms with Gasteiger partial charge in [-0.25, -0.2) is 4.39 Å². The maximum Gasteiger partial charge on any atom is 0.296 e. The molecule has 1 aliphatic heterocycles. The second-order valence-corrected chi connectivity index (χ2v) is 12.2. The van der Waals surface area contributed by atoms with Gasteiger partial charge in [-0.05, 0) is 46.5 Å². The van der Waals surface area contributed by atoms with E-state index < -0.39 is 23.5 Å². The maximum atomic E-state index is 14.2. The molecule has 0 spiro atoms. The van der Waals surface area contributed by atoms with Crippen LogP contribution in [0.4, 0.5) is 9.52 Å². The standard InChI is InChI=1S/C35H26FN3O4S2/c36-28-17-8-7-14-26(28)22-44-35-38-37-34(45-35)39-31(25-15-9-16-27(20-25)43-21-24-12-5-2-6-13-24)30(32(41)33(39)42)29(40)19-18-23-10-3-1-4-11-23/h1-20,31,41H,21-22H2/b19-18+. The molecule has 4 aromatic carbocycles. The number of halogens is 1. The fraction of sp³-hybridized carbons (Fsp3) is 0.0857. The zero-order valence-corrected chi connectivity index (χ0v) is 25.4. The Morgan fingerprint density at radius 2 is 1.69 bits per heavy atom. The number of allylic oxidation sites excluding steroid dienone is 1. The van der Waals surface area contributed by atoms with Crippen molar-refractivity contribution in [1.82, 2.24) is 10.2 Å². The Labute approximate surface area is 267 Å². The van der Waals surface area contributed by atoms with Gasteiger partial charge in [-0.15, -0.1) is 10.2 Å². The van der Waals surface area contributed by atoms with Crippen molar-refractivity contribution >= 4 is 46.0 Å². The van der Waals surface area contributed by atoms with Crippen LogP contribution in [0.5, 0.6) is 5.75 Å². The quantitative estimate of drug-likeness (QED) is 0.0902. The van der Waals surface area contributed by atoms with Gasteiger partial charge in [-0.3, -0.25) is 14.5 Å². The van der Waals surface area contributed by atoms with Crippen molar-refractivity contribution in [1.29, 1.82) is 0 Å². The highest BCUT2D eigenvalue weighted by atomic mass is 32.2. The van der Waals surface area contributed by atoms with Crippen LogP contribution in [-0.4, -0.2) is 27.0 Å². The molecule has 2 heterocycles. The number of aliphatic hydroxyl groups is 1. The van der Waals surface area contributed by atoms with Gasteiger partial charge < -0.3 is 9.84 Å². The minimum atomic E-state index is -0.997. The minimum Gasteiger partial charge on any atom is -0.503 e. The van der Waals surface area contributed by atoms with Gasteiger partial charge in [0.15, 0.2) is 15.9 Å². The monoisotopic (exact) mass is 635 g/mol. The third-order valence-electron chi connectivity index (χ3n) is 7.03. The molecule has 45 heavy (non-hydrogen) atoms. The number of ketones is 1. The van der Waals surface area contributed by atoms with Crippen LogP contribution in [0.1, 0.15) is 28.3 Å². The lowest BCUT2D eigenvalue weighted by atomic mass is 9.95. The van der Waals surface area contributed by atoms with E-state index in [4.69, 9.17) is 4.74 Å². The van der Waals surface area contributed by atoms with E-state index in [1.165, 1.54) is 28.8 Å². The number of rotatable bonds is 11. The first-order chi connectivity index (χ1) is 22.0. The van der Waals surface area contributed by atoms with Crippen LogP contribution >= 0.6 is 23.1 Å². The summed E-state index contributed by atoms with van der Waals surface area (Å²) in [7, 11) is 0. The zero-order chi connectivity index (χ0) is 31.2. The minimum absolute atomic E-state index is 0.0804. The highest BCUT2D eigenvalue weighted by molar-refractivity contribution is 8.00. The Kier molecular flexibility index (Phi) is 9.14. The van der Waals surface area contributed by atoms with Crippen molar-refractivity contribution in [3.8, 4) is 5.75 Å². The Bertz CT molecular complexity index is 1890.